The molecule has 4 N–H and O–H groups in total. The molecule has 4 rings (SSSR count). The van der Waals surface area contributed by atoms with Crippen molar-refractivity contribution in [2.75, 3.05) is 43.6 Å². The Morgan fingerprint density at radius 1 is 1.13 bits per heavy atom. The first-order valence-corrected chi connectivity index (χ1v) is 12.6. The molecule has 0 aliphatic carbocycles. The maximum absolute atomic E-state index is 13.2. The third-order valence-electron chi connectivity index (χ3n) is 6.46. The summed E-state index contributed by atoms with van der Waals surface area (Å²) in [6.45, 7) is 12.5. The highest BCUT2D eigenvalue weighted by Gasteiger charge is 2.19. The number of aryl methyl sites for hydroxylation is 1. The van der Waals surface area contributed by atoms with E-state index in [2.05, 4.69) is 35.8 Å². The molecule has 1 amide bonds. The highest BCUT2D eigenvalue weighted by Crippen LogP contribution is 2.28. The van der Waals surface area contributed by atoms with Crippen LogP contribution in [0.1, 0.15) is 42.3 Å². The van der Waals surface area contributed by atoms with Crippen LogP contribution in [0.3, 0.4) is 0 Å². The maximum atomic E-state index is 13.2. The van der Waals surface area contributed by atoms with Crippen LogP contribution in [-0.4, -0.2) is 64.9 Å². The van der Waals surface area contributed by atoms with Crippen LogP contribution in [0.25, 0.3) is 11.0 Å². The van der Waals surface area contributed by atoms with E-state index in [1.54, 1.807) is 25.4 Å². The number of morpholine rings is 1. The van der Waals surface area contributed by atoms with Gasteiger partial charge in [0, 0.05) is 42.5 Å². The fraction of sp³-hybridized carbons (Fsp3) is 0.407. The first-order valence-electron chi connectivity index (χ1n) is 12.6. The molecule has 1 aliphatic rings. The summed E-state index contributed by atoms with van der Waals surface area (Å²) in [5.41, 5.74) is 4.41. The van der Waals surface area contributed by atoms with Gasteiger partial charge < -0.3 is 31.0 Å². The van der Waals surface area contributed by atoms with E-state index in [0.29, 0.717) is 53.1 Å². The van der Waals surface area contributed by atoms with E-state index in [-0.39, 0.29) is 11.3 Å². The van der Waals surface area contributed by atoms with Crippen LogP contribution in [0.15, 0.2) is 36.6 Å². The smallest absolute Gasteiger partial charge is 0.256 e. The molecule has 1 saturated heterocycles. The van der Waals surface area contributed by atoms with Gasteiger partial charge in [-0.1, -0.05) is 20.8 Å². The third-order valence-corrected chi connectivity index (χ3v) is 6.46. The van der Waals surface area contributed by atoms with Crippen LogP contribution in [-0.2, 0) is 4.74 Å². The van der Waals surface area contributed by atoms with E-state index in [1.807, 2.05) is 40.7 Å². The summed E-state index contributed by atoms with van der Waals surface area (Å²) in [7, 11) is 1.71. The Labute approximate surface area is 222 Å². The predicted molar refractivity (Wildman–Crippen MR) is 149 cm³/mol. The van der Waals surface area contributed by atoms with Crippen LogP contribution in [0.2, 0.25) is 0 Å². The average molecular weight is 518 g/mol. The standard InChI is InChI=1S/C27H35N9O2/c1-16-11-18(25(37)34-22(29-6)13-21(28)27(3,4)5)12-19(17(16)2)33-24-23-20(31-15-32-24)14-30-26(35-23)36-7-9-38-10-8-36/h11-15,28-29H,7-10H2,1-6H3,(H,34,37)(H,31,32,33)/b22-13+,28-21?. The zero-order valence-corrected chi connectivity index (χ0v) is 22.8. The minimum absolute atomic E-state index is 0.289. The van der Waals surface area contributed by atoms with Gasteiger partial charge in [0.15, 0.2) is 5.82 Å². The monoisotopic (exact) mass is 517 g/mol. The SMILES string of the molecule is CN/C(=C\C(=N)C(C)(C)C)NC(=O)c1cc(C)c(C)c(Nc2ncnc3cnc(N4CCOCC4)nc23)c1. The van der Waals surface area contributed by atoms with Crippen molar-refractivity contribution in [3.8, 4) is 0 Å². The van der Waals surface area contributed by atoms with Crippen molar-refractivity contribution in [3.63, 3.8) is 0 Å². The Hall–Kier alpha value is -4.12. The number of benzene rings is 1. The second kappa shape index (κ2) is 11.1. The number of carbonyl (C=O) groups is 1. The lowest BCUT2D eigenvalue weighted by atomic mass is 9.90. The molecule has 1 fully saturated rings. The van der Waals surface area contributed by atoms with Crippen molar-refractivity contribution >= 4 is 40.1 Å². The summed E-state index contributed by atoms with van der Waals surface area (Å²) < 4.78 is 5.45. The number of rotatable bonds is 7. The second-order valence-electron chi connectivity index (χ2n) is 10.2. The van der Waals surface area contributed by atoms with E-state index < -0.39 is 0 Å². The van der Waals surface area contributed by atoms with Crippen LogP contribution < -0.4 is 20.9 Å². The van der Waals surface area contributed by atoms with Crippen LogP contribution >= 0.6 is 0 Å². The van der Waals surface area contributed by atoms with Gasteiger partial charge in [-0.05, 0) is 43.2 Å². The molecule has 1 aliphatic heterocycles. The summed E-state index contributed by atoms with van der Waals surface area (Å²) in [5.74, 6) is 1.30. The van der Waals surface area contributed by atoms with E-state index in [0.717, 1.165) is 29.9 Å². The fourth-order valence-corrected chi connectivity index (χ4v) is 3.83. The molecule has 0 atom stereocenters. The minimum atomic E-state index is -0.337. The van der Waals surface area contributed by atoms with E-state index >= 15 is 0 Å². The fourth-order valence-electron chi connectivity index (χ4n) is 3.83. The zero-order chi connectivity index (χ0) is 27.4. The topological polar surface area (TPSA) is 141 Å². The Morgan fingerprint density at radius 2 is 1.87 bits per heavy atom. The number of ether oxygens (including phenoxy) is 1. The lowest BCUT2D eigenvalue weighted by Crippen LogP contribution is -2.37. The van der Waals surface area contributed by atoms with Crippen molar-refractivity contribution < 1.29 is 9.53 Å². The molecule has 0 radical (unpaired) electrons. The number of nitrogens with one attached hydrogen (secondary N) is 4. The summed E-state index contributed by atoms with van der Waals surface area (Å²) in [5, 5.41) is 17.5. The molecule has 3 heterocycles. The quantitative estimate of drug-likeness (QED) is 0.347. The number of fused-ring (bicyclic) bond motifs is 1. The van der Waals surface area contributed by atoms with Gasteiger partial charge in [-0.25, -0.2) is 19.9 Å². The van der Waals surface area contributed by atoms with E-state index in [4.69, 9.17) is 15.1 Å². The number of aromatic nitrogens is 4. The predicted octanol–water partition coefficient (Wildman–Crippen LogP) is 3.47. The van der Waals surface area contributed by atoms with Crippen molar-refractivity contribution in [1.29, 1.82) is 5.41 Å². The molecule has 11 nitrogen and oxygen atoms in total. The largest absolute Gasteiger partial charge is 0.378 e. The third kappa shape index (κ3) is 6.05. The lowest BCUT2D eigenvalue weighted by Gasteiger charge is -2.26. The van der Waals surface area contributed by atoms with E-state index in [1.165, 1.54) is 6.33 Å². The van der Waals surface area contributed by atoms with Crippen LogP contribution in [0.4, 0.5) is 17.5 Å². The summed E-state index contributed by atoms with van der Waals surface area (Å²) in [6.07, 6.45) is 4.80. The van der Waals surface area contributed by atoms with Crippen molar-refractivity contribution in [3.05, 3.63) is 53.2 Å². The summed E-state index contributed by atoms with van der Waals surface area (Å²) in [4.78, 5) is 33.3. The van der Waals surface area contributed by atoms with Gasteiger partial charge in [-0.3, -0.25) is 4.79 Å². The minimum Gasteiger partial charge on any atom is -0.378 e. The highest BCUT2D eigenvalue weighted by molar-refractivity contribution is 6.00. The molecular weight excluding hydrogens is 482 g/mol. The van der Waals surface area contributed by atoms with Gasteiger partial charge in [-0.15, -0.1) is 0 Å². The van der Waals surface area contributed by atoms with Crippen molar-refractivity contribution in [2.24, 2.45) is 5.41 Å². The number of hydrogen-bond donors (Lipinski definition) is 4. The van der Waals surface area contributed by atoms with Crippen LogP contribution in [0.5, 0.6) is 0 Å². The molecule has 11 heteroatoms. The van der Waals surface area contributed by atoms with Gasteiger partial charge in [0.25, 0.3) is 5.91 Å². The molecule has 3 aromatic rings. The molecule has 1 aromatic carbocycles. The number of hydrogen-bond acceptors (Lipinski definition) is 10. The molecule has 200 valence electrons. The number of amides is 1. The van der Waals surface area contributed by atoms with Crippen molar-refractivity contribution in [2.45, 2.75) is 34.6 Å². The van der Waals surface area contributed by atoms with Gasteiger partial charge in [-0.2, -0.15) is 0 Å². The van der Waals surface area contributed by atoms with Crippen LogP contribution in [0, 0.1) is 24.7 Å². The Morgan fingerprint density at radius 3 is 2.55 bits per heavy atom. The second-order valence-corrected chi connectivity index (χ2v) is 10.2. The number of anilines is 3. The number of nitrogens with zero attached hydrogens (tertiary/aromatic N) is 5. The number of carbonyl (C=O) groups excluding carboxylic acids is 1. The molecule has 2 aromatic heterocycles. The molecule has 0 bridgehead atoms. The molecule has 0 unspecified atom stereocenters. The molecular formula is C27H35N9O2. The van der Waals surface area contributed by atoms with E-state index in [9.17, 15) is 4.79 Å². The first-order chi connectivity index (χ1) is 18.1. The first kappa shape index (κ1) is 26.9. The maximum Gasteiger partial charge on any atom is 0.256 e. The molecule has 38 heavy (non-hydrogen) atoms. The normalized spacial score (nSPS) is 14.4. The Balaban J connectivity index is 1.64. The highest BCUT2D eigenvalue weighted by atomic mass is 16.5. The Bertz CT molecular complexity index is 1390. The number of allylic oxidation sites excluding steroid dienone is 1. The van der Waals surface area contributed by atoms with Gasteiger partial charge in [0.2, 0.25) is 5.95 Å². The van der Waals surface area contributed by atoms with Gasteiger partial charge in [0.05, 0.1) is 19.4 Å². The Kier molecular flexibility index (Phi) is 7.86. The zero-order valence-electron chi connectivity index (χ0n) is 22.8. The van der Waals surface area contributed by atoms with Gasteiger partial charge in [0.1, 0.15) is 23.2 Å². The van der Waals surface area contributed by atoms with Gasteiger partial charge >= 0.3 is 0 Å². The summed E-state index contributed by atoms with van der Waals surface area (Å²) in [6, 6.07) is 3.63. The molecule has 0 spiro atoms. The van der Waals surface area contributed by atoms with Crippen molar-refractivity contribution in [1.82, 2.24) is 30.6 Å². The average Bonchev–Trinajstić information content (AvgIpc) is 2.90. The summed E-state index contributed by atoms with van der Waals surface area (Å²) >= 11 is 0. The molecule has 0 saturated carbocycles. The lowest BCUT2D eigenvalue weighted by molar-refractivity contribution is 0.0963.